The van der Waals surface area contributed by atoms with Crippen LogP contribution in [0.15, 0.2) is 54.7 Å². The van der Waals surface area contributed by atoms with Crippen LogP contribution in [0.4, 0.5) is 11.4 Å². The van der Waals surface area contributed by atoms with Crippen LogP contribution in [-0.2, 0) is 0 Å². The molecule has 0 atom stereocenters. The molecule has 28 heavy (non-hydrogen) atoms. The number of hydrogen-bond acceptors (Lipinski definition) is 3. The molecular weight excluding hydrogens is 350 g/mol. The summed E-state index contributed by atoms with van der Waals surface area (Å²) in [6, 6.07) is 14.6. The number of pyridine rings is 1. The van der Waals surface area contributed by atoms with Gasteiger partial charge in [-0.15, -0.1) is 0 Å². The Morgan fingerprint density at radius 1 is 0.714 bits per heavy atom. The average Bonchev–Trinajstić information content (AvgIpc) is 2.64. The summed E-state index contributed by atoms with van der Waals surface area (Å²) in [7, 11) is 0. The fourth-order valence-corrected chi connectivity index (χ4v) is 2.96. The van der Waals surface area contributed by atoms with E-state index >= 15 is 0 Å². The first-order valence-electron chi connectivity index (χ1n) is 9.06. The number of nitrogens with zero attached hydrogens (tertiary/aromatic N) is 1. The number of aromatic nitrogens is 1. The largest absolute Gasteiger partial charge is 0.322 e. The molecule has 3 aromatic rings. The predicted molar refractivity (Wildman–Crippen MR) is 112 cm³/mol. The number of carbonyl (C=O) groups is 2. The zero-order valence-corrected chi connectivity index (χ0v) is 16.5. The van der Waals surface area contributed by atoms with Crippen LogP contribution in [0.3, 0.4) is 0 Å². The standard InChI is InChI=1S/C23H23N3O2/c1-14-9-15(2)11-20(10-14)26-22(27)18-7-8-24-21(13-18)23(28)25-19-6-5-16(3)17(4)12-19/h5-13H,1-4H3,(H,25,28)(H,26,27). The minimum absolute atomic E-state index is 0.186. The topological polar surface area (TPSA) is 71.1 Å². The summed E-state index contributed by atoms with van der Waals surface area (Å²) in [5.41, 5.74) is 6.36. The van der Waals surface area contributed by atoms with Gasteiger partial charge in [0.15, 0.2) is 0 Å². The highest BCUT2D eigenvalue weighted by Gasteiger charge is 2.13. The zero-order chi connectivity index (χ0) is 20.3. The third-order valence-corrected chi connectivity index (χ3v) is 4.50. The molecule has 142 valence electrons. The number of amides is 2. The molecule has 2 aromatic carbocycles. The van der Waals surface area contributed by atoms with Crippen LogP contribution in [0.5, 0.6) is 0 Å². The van der Waals surface area contributed by atoms with Crippen LogP contribution in [-0.4, -0.2) is 16.8 Å². The van der Waals surface area contributed by atoms with Crippen molar-refractivity contribution in [1.82, 2.24) is 4.98 Å². The van der Waals surface area contributed by atoms with E-state index in [0.29, 0.717) is 11.3 Å². The summed E-state index contributed by atoms with van der Waals surface area (Å²) >= 11 is 0. The molecule has 0 aliphatic carbocycles. The zero-order valence-electron chi connectivity index (χ0n) is 16.5. The summed E-state index contributed by atoms with van der Waals surface area (Å²) < 4.78 is 0. The van der Waals surface area contributed by atoms with Crippen molar-refractivity contribution in [2.45, 2.75) is 27.7 Å². The van der Waals surface area contributed by atoms with Gasteiger partial charge in [-0.3, -0.25) is 14.6 Å². The summed E-state index contributed by atoms with van der Waals surface area (Å²) in [6.45, 7) is 7.95. The first-order valence-corrected chi connectivity index (χ1v) is 9.06. The highest BCUT2D eigenvalue weighted by Crippen LogP contribution is 2.17. The molecule has 0 unspecified atom stereocenters. The number of rotatable bonds is 4. The van der Waals surface area contributed by atoms with Gasteiger partial charge in [0.25, 0.3) is 11.8 Å². The number of hydrogen-bond donors (Lipinski definition) is 2. The lowest BCUT2D eigenvalue weighted by Crippen LogP contribution is -2.17. The normalized spacial score (nSPS) is 10.4. The van der Waals surface area contributed by atoms with Crippen molar-refractivity contribution >= 4 is 23.2 Å². The van der Waals surface area contributed by atoms with E-state index in [4.69, 9.17) is 0 Å². The molecule has 0 fully saturated rings. The summed E-state index contributed by atoms with van der Waals surface area (Å²) in [5, 5.41) is 5.69. The van der Waals surface area contributed by atoms with Crippen molar-refractivity contribution in [3.05, 3.63) is 88.2 Å². The monoisotopic (exact) mass is 373 g/mol. The van der Waals surface area contributed by atoms with Crippen LogP contribution in [0.2, 0.25) is 0 Å². The van der Waals surface area contributed by atoms with Gasteiger partial charge < -0.3 is 10.6 Å². The van der Waals surface area contributed by atoms with E-state index in [0.717, 1.165) is 27.9 Å². The molecule has 3 rings (SSSR count). The maximum absolute atomic E-state index is 12.6. The Balaban J connectivity index is 1.76. The first-order chi connectivity index (χ1) is 13.3. The lowest BCUT2D eigenvalue weighted by atomic mass is 10.1. The van der Waals surface area contributed by atoms with E-state index in [9.17, 15) is 9.59 Å². The van der Waals surface area contributed by atoms with Crippen molar-refractivity contribution in [3.8, 4) is 0 Å². The predicted octanol–water partition coefficient (Wildman–Crippen LogP) is 4.82. The molecule has 5 nitrogen and oxygen atoms in total. The number of benzene rings is 2. The smallest absolute Gasteiger partial charge is 0.274 e. The Hall–Kier alpha value is -3.47. The fourth-order valence-electron chi connectivity index (χ4n) is 2.96. The molecule has 0 saturated carbocycles. The summed E-state index contributed by atoms with van der Waals surface area (Å²) in [6.07, 6.45) is 1.46. The van der Waals surface area contributed by atoms with Crippen molar-refractivity contribution < 1.29 is 9.59 Å². The quantitative estimate of drug-likeness (QED) is 0.689. The van der Waals surface area contributed by atoms with E-state index in [1.165, 1.54) is 12.3 Å². The van der Waals surface area contributed by atoms with E-state index in [-0.39, 0.29) is 17.5 Å². The molecule has 1 heterocycles. The van der Waals surface area contributed by atoms with Gasteiger partial charge in [0, 0.05) is 23.1 Å². The van der Waals surface area contributed by atoms with E-state index in [1.54, 1.807) is 6.07 Å². The van der Waals surface area contributed by atoms with Crippen LogP contribution in [0.25, 0.3) is 0 Å². The maximum atomic E-state index is 12.6. The Labute approximate surface area is 164 Å². The summed E-state index contributed by atoms with van der Waals surface area (Å²) in [5.74, 6) is -0.642. The van der Waals surface area contributed by atoms with Crippen molar-refractivity contribution in [1.29, 1.82) is 0 Å². The van der Waals surface area contributed by atoms with Gasteiger partial charge in [0.05, 0.1) is 0 Å². The van der Waals surface area contributed by atoms with Crippen LogP contribution >= 0.6 is 0 Å². The van der Waals surface area contributed by atoms with E-state index in [2.05, 4.69) is 15.6 Å². The second-order valence-corrected chi connectivity index (χ2v) is 7.01. The SMILES string of the molecule is Cc1cc(C)cc(NC(=O)c2ccnc(C(=O)Nc3ccc(C)c(C)c3)c2)c1. The van der Waals surface area contributed by atoms with Gasteiger partial charge in [-0.2, -0.15) is 0 Å². The minimum atomic E-state index is -0.357. The lowest BCUT2D eigenvalue weighted by molar-refractivity contribution is 0.102. The number of carbonyl (C=O) groups excluding carboxylic acids is 2. The Morgan fingerprint density at radius 2 is 1.39 bits per heavy atom. The number of aryl methyl sites for hydroxylation is 4. The molecular formula is C23H23N3O2. The second kappa shape index (κ2) is 8.05. The third-order valence-electron chi connectivity index (χ3n) is 4.50. The maximum Gasteiger partial charge on any atom is 0.274 e. The molecule has 0 aliphatic heterocycles. The highest BCUT2D eigenvalue weighted by atomic mass is 16.2. The fraction of sp³-hybridized carbons (Fsp3) is 0.174. The Morgan fingerprint density at radius 3 is 2.07 bits per heavy atom. The van der Waals surface area contributed by atoms with Crippen LogP contribution < -0.4 is 10.6 Å². The van der Waals surface area contributed by atoms with Gasteiger partial charge in [-0.25, -0.2) is 0 Å². The third kappa shape index (κ3) is 4.62. The van der Waals surface area contributed by atoms with E-state index in [1.807, 2.05) is 64.1 Å². The Kier molecular flexibility index (Phi) is 5.54. The second-order valence-electron chi connectivity index (χ2n) is 7.01. The molecule has 0 radical (unpaired) electrons. The van der Waals surface area contributed by atoms with E-state index < -0.39 is 0 Å². The number of anilines is 2. The van der Waals surface area contributed by atoms with Crippen molar-refractivity contribution in [3.63, 3.8) is 0 Å². The highest BCUT2D eigenvalue weighted by molar-refractivity contribution is 6.07. The van der Waals surface area contributed by atoms with Crippen LogP contribution in [0, 0.1) is 27.7 Å². The molecule has 0 spiro atoms. The first kappa shape index (κ1) is 19.3. The molecule has 2 amide bonds. The molecule has 5 heteroatoms. The lowest BCUT2D eigenvalue weighted by Gasteiger charge is -2.09. The Bertz CT molecular complexity index is 1040. The average molecular weight is 373 g/mol. The van der Waals surface area contributed by atoms with Gasteiger partial charge in [-0.05, 0) is 86.3 Å². The number of nitrogens with one attached hydrogen (secondary N) is 2. The molecule has 0 aliphatic rings. The summed E-state index contributed by atoms with van der Waals surface area (Å²) in [4.78, 5) is 29.2. The van der Waals surface area contributed by atoms with Gasteiger partial charge in [-0.1, -0.05) is 12.1 Å². The molecule has 0 bridgehead atoms. The van der Waals surface area contributed by atoms with Crippen LogP contribution in [0.1, 0.15) is 43.1 Å². The minimum Gasteiger partial charge on any atom is -0.322 e. The van der Waals surface area contributed by atoms with Gasteiger partial charge >= 0.3 is 0 Å². The van der Waals surface area contributed by atoms with Crippen molar-refractivity contribution in [2.75, 3.05) is 10.6 Å². The van der Waals surface area contributed by atoms with Crippen molar-refractivity contribution in [2.24, 2.45) is 0 Å². The molecule has 1 aromatic heterocycles. The molecule has 0 saturated heterocycles. The van der Waals surface area contributed by atoms with Gasteiger partial charge in [0.1, 0.15) is 5.69 Å². The van der Waals surface area contributed by atoms with Gasteiger partial charge in [0.2, 0.25) is 0 Å². The molecule has 2 N–H and O–H groups in total.